The molecule has 90 valence electrons. The Hall–Kier alpha value is -1.68. The molecule has 2 heterocycles. The van der Waals surface area contributed by atoms with Crippen molar-refractivity contribution >= 4 is 0 Å². The van der Waals surface area contributed by atoms with E-state index >= 15 is 0 Å². The summed E-state index contributed by atoms with van der Waals surface area (Å²) in [5, 5.41) is 3.41. The average molecular weight is 230 g/mol. The van der Waals surface area contributed by atoms with Crippen molar-refractivity contribution in [3.8, 4) is 0 Å². The van der Waals surface area contributed by atoms with Crippen LogP contribution in [0.25, 0.3) is 0 Å². The van der Waals surface area contributed by atoms with E-state index in [0.29, 0.717) is 0 Å². The van der Waals surface area contributed by atoms with Crippen LogP contribution in [0.2, 0.25) is 0 Å². The lowest BCUT2D eigenvalue weighted by atomic mass is 10.3. The van der Waals surface area contributed by atoms with Crippen molar-refractivity contribution in [3.05, 3.63) is 48.3 Å². The topological polar surface area (TPSA) is 42.7 Å². The third-order valence-corrected chi connectivity index (χ3v) is 2.74. The molecule has 0 bridgehead atoms. The highest BCUT2D eigenvalue weighted by Crippen LogP contribution is 1.94. The summed E-state index contributed by atoms with van der Waals surface area (Å²) in [6.07, 6.45) is 6.66. The van der Waals surface area contributed by atoms with Gasteiger partial charge in [-0.1, -0.05) is 6.07 Å². The van der Waals surface area contributed by atoms with E-state index in [9.17, 15) is 0 Å². The standard InChI is InChI=1S/C13H18N4/c1-12-15-9-11-17(12)10-8-14-7-5-13-4-2-3-6-16-13/h2-4,6,9,11,14H,5,7-8,10H2,1H3. The summed E-state index contributed by atoms with van der Waals surface area (Å²) in [5.41, 5.74) is 1.14. The molecular formula is C13H18N4. The van der Waals surface area contributed by atoms with Crippen LogP contribution in [0.3, 0.4) is 0 Å². The lowest BCUT2D eigenvalue weighted by Crippen LogP contribution is -2.22. The molecule has 0 unspecified atom stereocenters. The maximum absolute atomic E-state index is 4.29. The van der Waals surface area contributed by atoms with Crippen molar-refractivity contribution < 1.29 is 0 Å². The Balaban J connectivity index is 1.63. The van der Waals surface area contributed by atoms with Gasteiger partial charge in [0.25, 0.3) is 0 Å². The summed E-state index contributed by atoms with van der Waals surface area (Å²) in [7, 11) is 0. The van der Waals surface area contributed by atoms with E-state index < -0.39 is 0 Å². The molecule has 0 fully saturated rings. The van der Waals surface area contributed by atoms with Crippen LogP contribution in [-0.2, 0) is 13.0 Å². The first-order valence-electron chi connectivity index (χ1n) is 5.94. The summed E-state index contributed by atoms with van der Waals surface area (Å²) in [6, 6.07) is 6.03. The summed E-state index contributed by atoms with van der Waals surface area (Å²) < 4.78 is 2.15. The number of aryl methyl sites for hydroxylation is 1. The van der Waals surface area contributed by atoms with Crippen LogP contribution < -0.4 is 5.32 Å². The zero-order chi connectivity index (χ0) is 11.9. The Kier molecular flexibility index (Phi) is 4.27. The molecule has 0 atom stereocenters. The molecule has 2 rings (SSSR count). The minimum absolute atomic E-state index is 0.962. The van der Waals surface area contributed by atoms with E-state index in [4.69, 9.17) is 0 Å². The maximum atomic E-state index is 4.29. The number of nitrogens with one attached hydrogen (secondary N) is 1. The molecule has 0 spiro atoms. The van der Waals surface area contributed by atoms with E-state index in [-0.39, 0.29) is 0 Å². The number of hydrogen-bond acceptors (Lipinski definition) is 3. The molecular weight excluding hydrogens is 212 g/mol. The van der Waals surface area contributed by atoms with E-state index in [0.717, 1.165) is 37.6 Å². The molecule has 4 heteroatoms. The molecule has 0 amide bonds. The second-order valence-corrected chi connectivity index (χ2v) is 3.99. The number of rotatable bonds is 6. The van der Waals surface area contributed by atoms with Crippen LogP contribution in [-0.4, -0.2) is 27.6 Å². The number of hydrogen-bond donors (Lipinski definition) is 1. The molecule has 1 N–H and O–H groups in total. The highest BCUT2D eigenvalue weighted by molar-refractivity contribution is 5.03. The molecule has 2 aromatic heterocycles. The fourth-order valence-electron chi connectivity index (χ4n) is 1.73. The Morgan fingerprint density at radius 1 is 1.18 bits per heavy atom. The SMILES string of the molecule is Cc1nccn1CCNCCc1ccccn1. The number of pyridine rings is 1. The summed E-state index contributed by atoms with van der Waals surface area (Å²) >= 11 is 0. The lowest BCUT2D eigenvalue weighted by Gasteiger charge is -2.06. The second kappa shape index (κ2) is 6.15. The molecule has 4 nitrogen and oxygen atoms in total. The molecule has 0 aliphatic carbocycles. The molecule has 17 heavy (non-hydrogen) atoms. The normalized spacial score (nSPS) is 10.6. The number of aromatic nitrogens is 3. The molecule has 0 aliphatic heterocycles. The van der Waals surface area contributed by atoms with E-state index in [1.54, 1.807) is 0 Å². The van der Waals surface area contributed by atoms with Gasteiger partial charge in [-0.15, -0.1) is 0 Å². The van der Waals surface area contributed by atoms with E-state index in [2.05, 4.69) is 25.9 Å². The first-order valence-corrected chi connectivity index (χ1v) is 5.94. The first-order chi connectivity index (χ1) is 8.36. The Labute approximate surface area is 102 Å². The zero-order valence-electron chi connectivity index (χ0n) is 10.1. The van der Waals surface area contributed by atoms with Crippen molar-refractivity contribution in [2.45, 2.75) is 19.9 Å². The molecule has 0 aromatic carbocycles. The number of imidazole rings is 1. The lowest BCUT2D eigenvalue weighted by molar-refractivity contribution is 0.586. The van der Waals surface area contributed by atoms with E-state index in [1.165, 1.54) is 0 Å². The van der Waals surface area contributed by atoms with Crippen LogP contribution >= 0.6 is 0 Å². The van der Waals surface area contributed by atoms with Gasteiger partial charge in [-0.3, -0.25) is 4.98 Å². The predicted molar refractivity (Wildman–Crippen MR) is 67.8 cm³/mol. The Morgan fingerprint density at radius 3 is 2.82 bits per heavy atom. The quantitative estimate of drug-likeness (QED) is 0.763. The minimum atomic E-state index is 0.962. The smallest absolute Gasteiger partial charge is 0.105 e. The van der Waals surface area contributed by atoms with Gasteiger partial charge >= 0.3 is 0 Å². The second-order valence-electron chi connectivity index (χ2n) is 3.99. The fourth-order valence-corrected chi connectivity index (χ4v) is 1.73. The fraction of sp³-hybridized carbons (Fsp3) is 0.385. The van der Waals surface area contributed by atoms with Crippen LogP contribution in [0, 0.1) is 6.92 Å². The van der Waals surface area contributed by atoms with Gasteiger partial charge in [-0.2, -0.15) is 0 Å². The summed E-state index contributed by atoms with van der Waals surface area (Å²) in [6.45, 7) is 4.91. The van der Waals surface area contributed by atoms with Gasteiger partial charge in [-0.05, 0) is 19.1 Å². The Morgan fingerprint density at radius 2 is 2.12 bits per heavy atom. The van der Waals surface area contributed by atoms with Crippen LogP contribution in [0.1, 0.15) is 11.5 Å². The van der Waals surface area contributed by atoms with Gasteiger partial charge in [0.2, 0.25) is 0 Å². The highest BCUT2D eigenvalue weighted by atomic mass is 15.1. The molecule has 0 radical (unpaired) electrons. The summed E-state index contributed by atoms with van der Waals surface area (Å²) in [4.78, 5) is 8.47. The average Bonchev–Trinajstić information content (AvgIpc) is 2.76. The highest BCUT2D eigenvalue weighted by Gasteiger charge is 1.96. The molecule has 2 aromatic rings. The zero-order valence-corrected chi connectivity index (χ0v) is 10.1. The largest absolute Gasteiger partial charge is 0.334 e. The third kappa shape index (κ3) is 3.67. The van der Waals surface area contributed by atoms with E-state index in [1.807, 2.05) is 37.6 Å². The molecule has 0 aliphatic rings. The van der Waals surface area contributed by atoms with Gasteiger partial charge in [0.05, 0.1) is 0 Å². The number of nitrogens with zero attached hydrogens (tertiary/aromatic N) is 3. The van der Waals surface area contributed by atoms with Crippen molar-refractivity contribution in [2.75, 3.05) is 13.1 Å². The summed E-state index contributed by atoms with van der Waals surface area (Å²) in [5.74, 6) is 1.07. The molecule has 0 saturated heterocycles. The minimum Gasteiger partial charge on any atom is -0.334 e. The van der Waals surface area contributed by atoms with Gasteiger partial charge < -0.3 is 9.88 Å². The first kappa shape index (κ1) is 11.8. The van der Waals surface area contributed by atoms with Gasteiger partial charge in [0.15, 0.2) is 0 Å². The van der Waals surface area contributed by atoms with Crippen molar-refractivity contribution in [2.24, 2.45) is 0 Å². The van der Waals surface area contributed by atoms with Crippen molar-refractivity contribution in [3.63, 3.8) is 0 Å². The monoisotopic (exact) mass is 230 g/mol. The maximum Gasteiger partial charge on any atom is 0.105 e. The van der Waals surface area contributed by atoms with Gasteiger partial charge in [-0.25, -0.2) is 4.98 Å². The molecule has 0 saturated carbocycles. The predicted octanol–water partition coefficient (Wildman–Crippen LogP) is 1.42. The van der Waals surface area contributed by atoms with Crippen molar-refractivity contribution in [1.29, 1.82) is 0 Å². The third-order valence-electron chi connectivity index (χ3n) is 2.74. The van der Waals surface area contributed by atoms with Crippen LogP contribution in [0.5, 0.6) is 0 Å². The van der Waals surface area contributed by atoms with Crippen molar-refractivity contribution in [1.82, 2.24) is 19.9 Å². The van der Waals surface area contributed by atoms with Crippen LogP contribution in [0.15, 0.2) is 36.8 Å². The van der Waals surface area contributed by atoms with Crippen LogP contribution in [0.4, 0.5) is 0 Å². The Bertz CT molecular complexity index is 436. The van der Waals surface area contributed by atoms with Gasteiger partial charge in [0, 0.05) is 50.3 Å². The van der Waals surface area contributed by atoms with Gasteiger partial charge in [0.1, 0.15) is 5.82 Å².